The monoisotopic (exact) mass is 474 g/mol. The highest BCUT2D eigenvalue weighted by Crippen LogP contribution is 2.40. The van der Waals surface area contributed by atoms with Crippen molar-refractivity contribution in [3.8, 4) is 5.75 Å². The van der Waals surface area contributed by atoms with Crippen molar-refractivity contribution in [3.05, 3.63) is 59.2 Å². The van der Waals surface area contributed by atoms with Gasteiger partial charge in [-0.15, -0.1) is 0 Å². The Morgan fingerprint density at radius 2 is 1.85 bits per heavy atom. The minimum Gasteiger partial charge on any atom is -0.496 e. The average molecular weight is 475 g/mol. The lowest BCUT2D eigenvalue weighted by atomic mass is 9.88. The summed E-state index contributed by atoms with van der Waals surface area (Å²) in [4.78, 5) is 16.7. The van der Waals surface area contributed by atoms with E-state index in [1.54, 1.807) is 7.11 Å². The first-order valence-electron chi connectivity index (χ1n) is 11.2. The van der Waals surface area contributed by atoms with E-state index in [1.807, 2.05) is 37.4 Å². The van der Waals surface area contributed by atoms with Gasteiger partial charge < -0.3 is 10.1 Å². The van der Waals surface area contributed by atoms with E-state index < -0.39 is 15.4 Å². The fourth-order valence-corrected chi connectivity index (χ4v) is 6.62. The van der Waals surface area contributed by atoms with Crippen LogP contribution in [0.25, 0.3) is 0 Å². The maximum absolute atomic E-state index is 13.7. The van der Waals surface area contributed by atoms with Crippen molar-refractivity contribution in [1.82, 2.24) is 10.6 Å². The highest BCUT2D eigenvalue weighted by molar-refractivity contribution is 7.91. The topological polar surface area (TPSA) is 102 Å². The lowest BCUT2D eigenvalue weighted by molar-refractivity contribution is -0.191. The molecule has 180 valence electrons. The molecule has 3 rings (SSSR count). The Morgan fingerprint density at radius 3 is 2.39 bits per heavy atom. The number of carbonyl (C=O) groups excluding carboxylic acids is 2. The van der Waals surface area contributed by atoms with Gasteiger partial charge in [-0.25, -0.2) is 8.42 Å². The van der Waals surface area contributed by atoms with E-state index in [0.717, 1.165) is 42.4 Å². The summed E-state index contributed by atoms with van der Waals surface area (Å²) < 4.78 is 33.0. The van der Waals surface area contributed by atoms with Crippen molar-refractivity contribution in [2.24, 2.45) is 0 Å². The molecule has 0 radical (unpaired) electrons. The van der Waals surface area contributed by atoms with Crippen LogP contribution in [0.5, 0.6) is 5.75 Å². The second-order valence-corrected chi connectivity index (χ2v) is 10.3. The van der Waals surface area contributed by atoms with Crippen LogP contribution in [-0.2, 0) is 26.0 Å². The van der Waals surface area contributed by atoms with E-state index in [2.05, 4.69) is 36.6 Å². The first kappa shape index (κ1) is 26.7. The van der Waals surface area contributed by atoms with Crippen LogP contribution in [0.1, 0.15) is 62.3 Å². The number of methoxy groups -OCH3 is 1. The van der Waals surface area contributed by atoms with Crippen molar-refractivity contribution < 1.29 is 22.7 Å². The standard InChI is InChI=1S/C24H34N2O3S.CO2/c1-5-7-13-24(6-2)17-30(27,28)22-14-19(16-25-3)21(29-4)15-20(22)23(26-24)18-11-9-8-10-12-18;2-1-3/h8-12,14-15,23,25-26H,5-7,13,16-17H2,1-4H3;/t23-,24-;/m1./s1. The molecule has 33 heavy (non-hydrogen) atoms. The Balaban J connectivity index is 0.00000122. The number of unbranched alkanes of at least 4 members (excludes halogenated alkanes) is 1. The number of benzene rings is 2. The van der Waals surface area contributed by atoms with Gasteiger partial charge in [0, 0.05) is 17.6 Å². The molecule has 0 fully saturated rings. The third kappa shape index (κ3) is 6.30. The number of sulfone groups is 1. The minimum absolute atomic E-state index is 0.109. The molecule has 0 bridgehead atoms. The van der Waals surface area contributed by atoms with Crippen LogP contribution in [0, 0.1) is 0 Å². The van der Waals surface area contributed by atoms with Gasteiger partial charge in [0.05, 0.1) is 23.8 Å². The summed E-state index contributed by atoms with van der Waals surface area (Å²) in [5, 5.41) is 6.91. The van der Waals surface area contributed by atoms with Gasteiger partial charge >= 0.3 is 6.15 Å². The van der Waals surface area contributed by atoms with Gasteiger partial charge in [-0.3, -0.25) is 5.32 Å². The first-order chi connectivity index (χ1) is 15.8. The zero-order valence-corrected chi connectivity index (χ0v) is 20.6. The van der Waals surface area contributed by atoms with Crippen LogP contribution < -0.4 is 15.4 Å². The van der Waals surface area contributed by atoms with Crippen molar-refractivity contribution in [3.63, 3.8) is 0 Å². The van der Waals surface area contributed by atoms with Crippen LogP contribution in [0.3, 0.4) is 0 Å². The van der Waals surface area contributed by atoms with Gasteiger partial charge in [-0.05, 0) is 43.1 Å². The molecule has 2 atom stereocenters. The molecule has 1 aliphatic heterocycles. The normalized spacial score (nSPS) is 21.0. The number of ether oxygens (including phenoxy) is 1. The Kier molecular flexibility index (Phi) is 9.80. The molecule has 1 aliphatic rings. The van der Waals surface area contributed by atoms with Crippen molar-refractivity contribution >= 4 is 16.0 Å². The lowest BCUT2D eigenvalue weighted by Crippen LogP contribution is -2.50. The predicted molar refractivity (Wildman–Crippen MR) is 127 cm³/mol. The van der Waals surface area contributed by atoms with E-state index in [0.29, 0.717) is 17.2 Å². The predicted octanol–water partition coefficient (Wildman–Crippen LogP) is 3.64. The molecule has 1 heterocycles. The number of hydrogen-bond donors (Lipinski definition) is 2. The molecule has 8 heteroatoms. The van der Waals surface area contributed by atoms with E-state index in [4.69, 9.17) is 14.3 Å². The molecule has 0 saturated carbocycles. The third-order valence-electron chi connectivity index (χ3n) is 6.16. The van der Waals surface area contributed by atoms with E-state index >= 15 is 0 Å². The molecule has 0 aromatic heterocycles. The zero-order valence-electron chi connectivity index (χ0n) is 19.8. The summed E-state index contributed by atoms with van der Waals surface area (Å²) in [5.74, 6) is 0.816. The van der Waals surface area contributed by atoms with Crippen LogP contribution >= 0.6 is 0 Å². The summed E-state index contributed by atoms with van der Waals surface area (Å²) in [6.07, 6.45) is 3.86. The highest BCUT2D eigenvalue weighted by Gasteiger charge is 2.42. The fourth-order valence-electron chi connectivity index (χ4n) is 4.45. The van der Waals surface area contributed by atoms with E-state index in [-0.39, 0.29) is 17.9 Å². The number of fused-ring (bicyclic) bond motifs is 1. The second-order valence-electron chi connectivity index (χ2n) is 8.30. The minimum atomic E-state index is -3.48. The van der Waals surface area contributed by atoms with Gasteiger partial charge in [0.1, 0.15) is 5.75 Å². The lowest BCUT2D eigenvalue weighted by Gasteiger charge is -2.36. The molecular formula is C25H34N2O5S. The molecule has 0 amide bonds. The van der Waals surface area contributed by atoms with Crippen LogP contribution in [-0.4, -0.2) is 40.0 Å². The molecule has 0 unspecified atom stereocenters. The molecule has 7 nitrogen and oxygen atoms in total. The Labute approximate surface area is 196 Å². The van der Waals surface area contributed by atoms with E-state index in [9.17, 15) is 8.42 Å². The Bertz CT molecular complexity index is 1050. The summed E-state index contributed by atoms with van der Waals surface area (Å²) in [6, 6.07) is 13.6. The smallest absolute Gasteiger partial charge is 0.373 e. The molecule has 2 N–H and O–H groups in total. The zero-order chi connectivity index (χ0) is 24.5. The molecule has 0 saturated heterocycles. The Morgan fingerprint density at radius 1 is 1.18 bits per heavy atom. The maximum atomic E-state index is 13.7. The third-order valence-corrected chi connectivity index (χ3v) is 8.12. The molecule has 2 aromatic carbocycles. The van der Waals surface area contributed by atoms with Crippen LogP contribution in [0.2, 0.25) is 0 Å². The van der Waals surface area contributed by atoms with Gasteiger partial charge in [-0.2, -0.15) is 9.59 Å². The molecule has 0 spiro atoms. The largest absolute Gasteiger partial charge is 0.496 e. The quantitative estimate of drug-likeness (QED) is 0.602. The van der Waals surface area contributed by atoms with Gasteiger partial charge in [0.25, 0.3) is 0 Å². The SMILES string of the molecule is CCCC[C@]1(CC)CS(=O)(=O)c2cc(CNC)c(OC)cc2[C@@H](c2ccccc2)N1.O=C=O. The summed E-state index contributed by atoms with van der Waals surface area (Å²) in [7, 11) is 0.000396. The van der Waals surface area contributed by atoms with Gasteiger partial charge in [-0.1, -0.05) is 57.0 Å². The van der Waals surface area contributed by atoms with Crippen LogP contribution in [0.4, 0.5) is 0 Å². The summed E-state index contributed by atoms with van der Waals surface area (Å²) in [5.41, 5.74) is 2.22. The molecule has 0 aliphatic carbocycles. The number of nitrogens with one attached hydrogen (secondary N) is 2. The van der Waals surface area contributed by atoms with Crippen LogP contribution in [0.15, 0.2) is 47.4 Å². The molecule has 2 aromatic rings. The van der Waals surface area contributed by atoms with Crippen molar-refractivity contribution in [1.29, 1.82) is 0 Å². The number of hydrogen-bond acceptors (Lipinski definition) is 7. The Hall–Kier alpha value is -2.51. The first-order valence-corrected chi connectivity index (χ1v) is 12.9. The van der Waals surface area contributed by atoms with Gasteiger partial charge in [0.15, 0.2) is 9.84 Å². The van der Waals surface area contributed by atoms with Crippen molar-refractivity contribution in [2.45, 2.75) is 62.6 Å². The fraction of sp³-hybridized carbons (Fsp3) is 0.480. The molecular weight excluding hydrogens is 440 g/mol. The van der Waals surface area contributed by atoms with Gasteiger partial charge in [0.2, 0.25) is 0 Å². The average Bonchev–Trinajstić information content (AvgIpc) is 2.91. The second kappa shape index (κ2) is 12.1. The summed E-state index contributed by atoms with van der Waals surface area (Å²) in [6.45, 7) is 4.78. The van der Waals surface area contributed by atoms with E-state index in [1.165, 1.54) is 0 Å². The van der Waals surface area contributed by atoms with Crippen molar-refractivity contribution in [2.75, 3.05) is 19.9 Å². The summed E-state index contributed by atoms with van der Waals surface area (Å²) >= 11 is 0. The number of rotatable bonds is 8. The maximum Gasteiger partial charge on any atom is 0.373 e. The highest BCUT2D eigenvalue weighted by atomic mass is 32.2.